The van der Waals surface area contributed by atoms with E-state index in [0.29, 0.717) is 6.42 Å². The molecule has 0 saturated carbocycles. The van der Waals surface area contributed by atoms with Crippen LogP contribution < -0.4 is 10.4 Å². The molecule has 0 saturated heterocycles. The van der Waals surface area contributed by atoms with Gasteiger partial charge in [-0.2, -0.15) is 0 Å². The van der Waals surface area contributed by atoms with Crippen LogP contribution in [0.2, 0.25) is 5.04 Å². The third-order valence-electron chi connectivity index (χ3n) is 6.39. The van der Waals surface area contributed by atoms with Crippen molar-refractivity contribution >= 4 is 18.7 Å². The van der Waals surface area contributed by atoms with E-state index in [-0.39, 0.29) is 17.2 Å². The molecular weight excluding hydrogens is 438 g/mol. The van der Waals surface area contributed by atoms with E-state index < -0.39 is 14.4 Å². The zero-order chi connectivity index (χ0) is 24.8. The molecule has 2 aromatic carbocycles. The minimum Gasteiger partial charge on any atom is -0.402 e. The summed E-state index contributed by atoms with van der Waals surface area (Å²) in [6.07, 6.45) is 2.42. The average molecular weight is 476 g/mol. The van der Waals surface area contributed by atoms with Gasteiger partial charge in [0.15, 0.2) is 0 Å². The van der Waals surface area contributed by atoms with E-state index in [1.54, 1.807) is 19.5 Å². The lowest BCUT2D eigenvalue weighted by atomic mass is 9.98. The van der Waals surface area contributed by atoms with Crippen LogP contribution >= 0.6 is 0 Å². The molecule has 0 aliphatic heterocycles. The first kappa shape index (κ1) is 26.0. The topological polar surface area (TPSA) is 51.6 Å². The molecule has 1 N–H and O–H groups in total. The second-order valence-electron chi connectivity index (χ2n) is 9.81. The fourth-order valence-corrected chi connectivity index (χ4v) is 9.47. The highest BCUT2D eigenvalue weighted by Crippen LogP contribution is 2.38. The van der Waals surface area contributed by atoms with Crippen LogP contribution in [-0.4, -0.2) is 37.7 Å². The van der Waals surface area contributed by atoms with Gasteiger partial charge in [0.05, 0.1) is 12.2 Å². The van der Waals surface area contributed by atoms with Gasteiger partial charge in [-0.05, 0) is 39.5 Å². The summed E-state index contributed by atoms with van der Waals surface area (Å²) in [5.41, 5.74) is 1.56. The van der Waals surface area contributed by atoms with Crippen molar-refractivity contribution in [3.05, 3.63) is 103 Å². The van der Waals surface area contributed by atoms with E-state index in [1.165, 1.54) is 10.4 Å². The first-order chi connectivity index (χ1) is 16.2. The van der Waals surface area contributed by atoms with Crippen molar-refractivity contribution in [3.63, 3.8) is 0 Å². The summed E-state index contributed by atoms with van der Waals surface area (Å²) in [4.78, 5) is 4.12. The number of aliphatic hydroxyl groups is 1. The molecule has 0 unspecified atom stereocenters. The van der Waals surface area contributed by atoms with Crippen molar-refractivity contribution in [3.8, 4) is 0 Å². The van der Waals surface area contributed by atoms with Crippen LogP contribution in [0.15, 0.2) is 97.3 Å². The summed E-state index contributed by atoms with van der Waals surface area (Å²) in [7, 11) is -1.06. The van der Waals surface area contributed by atoms with Gasteiger partial charge in [0.25, 0.3) is 8.32 Å². The molecule has 4 nitrogen and oxygen atoms in total. The molecule has 3 atom stereocenters. The Morgan fingerprint density at radius 2 is 1.53 bits per heavy atom. The summed E-state index contributed by atoms with van der Waals surface area (Å²) in [6, 6.07) is 24.8. The van der Waals surface area contributed by atoms with E-state index in [0.717, 1.165) is 11.1 Å². The maximum Gasteiger partial charge on any atom is 0.261 e. The molecule has 0 aliphatic carbocycles. The Morgan fingerprint density at radius 1 is 0.971 bits per heavy atom. The summed E-state index contributed by atoms with van der Waals surface area (Å²) >= 11 is 0. The van der Waals surface area contributed by atoms with Gasteiger partial charge in [-0.15, -0.1) is 0 Å². The summed E-state index contributed by atoms with van der Waals surface area (Å²) in [5.74, 6) is 0. The van der Waals surface area contributed by atoms with Crippen LogP contribution in [0.4, 0.5) is 0 Å². The predicted molar refractivity (Wildman–Crippen MR) is 142 cm³/mol. The lowest BCUT2D eigenvalue weighted by Crippen LogP contribution is -2.68. The van der Waals surface area contributed by atoms with Crippen molar-refractivity contribution < 1.29 is 14.3 Å². The first-order valence-electron chi connectivity index (χ1n) is 11.8. The number of hydrogen-bond acceptors (Lipinski definition) is 4. The molecule has 3 aromatic rings. The van der Waals surface area contributed by atoms with Gasteiger partial charge in [-0.25, -0.2) is 0 Å². The number of hydrogen-bond donors (Lipinski definition) is 1. The Bertz CT molecular complexity index is 996. The molecule has 0 fully saturated rings. The molecule has 0 aliphatic rings. The van der Waals surface area contributed by atoms with Crippen LogP contribution in [-0.2, 0) is 9.16 Å². The number of rotatable bonds is 10. The Morgan fingerprint density at radius 3 is 1.97 bits per heavy atom. The summed E-state index contributed by atoms with van der Waals surface area (Å²) in [6.45, 7) is 13.1. The lowest BCUT2D eigenvalue weighted by Gasteiger charge is -2.46. The number of aliphatic hydroxyl groups excluding tert-OH is 1. The maximum atomic E-state index is 10.7. The van der Waals surface area contributed by atoms with Crippen LogP contribution in [0.25, 0.3) is 0 Å². The minimum atomic E-state index is -2.73. The van der Waals surface area contributed by atoms with Gasteiger partial charge < -0.3 is 14.3 Å². The second-order valence-corrected chi connectivity index (χ2v) is 14.1. The minimum absolute atomic E-state index is 0.140. The molecule has 3 rings (SSSR count). The lowest BCUT2D eigenvalue weighted by molar-refractivity contribution is 0.0233. The van der Waals surface area contributed by atoms with Gasteiger partial charge in [0.1, 0.15) is 6.10 Å². The van der Waals surface area contributed by atoms with Crippen molar-refractivity contribution in [1.29, 1.82) is 0 Å². The van der Waals surface area contributed by atoms with Gasteiger partial charge in [-0.3, -0.25) is 4.98 Å². The Balaban J connectivity index is 1.96. The van der Waals surface area contributed by atoms with Crippen molar-refractivity contribution in [2.24, 2.45) is 0 Å². The highest BCUT2D eigenvalue weighted by molar-refractivity contribution is 6.99. The number of pyridine rings is 1. The van der Waals surface area contributed by atoms with Gasteiger partial charge in [0, 0.05) is 25.9 Å². The Hall–Kier alpha value is -2.57. The molecule has 34 heavy (non-hydrogen) atoms. The standard InChI is InChI=1S/C29H37NO3Si/c1-22(20-27(31)24-14-13-19-30-21-24)28(32-6)23(2)33-34(29(3,4)5,25-15-9-7-10-16-25)26-17-11-8-12-18-26/h7-19,21,23,27-28,31H,1,20H2,2-6H3/t23-,27+,28+/m0/s1. The number of methoxy groups -OCH3 is 1. The molecule has 0 bridgehead atoms. The quantitative estimate of drug-likeness (QED) is 0.330. The highest BCUT2D eigenvalue weighted by atomic mass is 28.4. The van der Waals surface area contributed by atoms with E-state index in [9.17, 15) is 5.11 Å². The molecule has 0 radical (unpaired) electrons. The Labute approximate surface area is 205 Å². The third-order valence-corrected chi connectivity index (χ3v) is 11.5. The average Bonchev–Trinajstić information content (AvgIpc) is 2.83. The van der Waals surface area contributed by atoms with E-state index in [4.69, 9.17) is 9.16 Å². The number of nitrogens with zero attached hydrogens (tertiary/aromatic N) is 1. The smallest absolute Gasteiger partial charge is 0.261 e. The van der Waals surface area contributed by atoms with Crippen molar-refractivity contribution in [2.45, 2.75) is 57.5 Å². The van der Waals surface area contributed by atoms with Gasteiger partial charge in [-0.1, -0.05) is 94.1 Å². The number of benzene rings is 2. The fourth-order valence-electron chi connectivity index (χ4n) is 4.78. The van der Waals surface area contributed by atoms with Crippen LogP contribution in [0.3, 0.4) is 0 Å². The Kier molecular flexibility index (Phi) is 8.60. The van der Waals surface area contributed by atoms with Gasteiger partial charge >= 0.3 is 0 Å². The monoisotopic (exact) mass is 475 g/mol. The summed E-state index contributed by atoms with van der Waals surface area (Å²) < 4.78 is 13.1. The molecule has 0 spiro atoms. The molecular formula is C29H37NO3Si. The normalized spacial score (nSPS) is 14.9. The molecule has 1 heterocycles. The fraction of sp³-hybridized carbons (Fsp3) is 0.345. The zero-order valence-corrected chi connectivity index (χ0v) is 21.9. The first-order valence-corrected chi connectivity index (χ1v) is 13.7. The molecule has 5 heteroatoms. The maximum absolute atomic E-state index is 10.7. The predicted octanol–water partition coefficient (Wildman–Crippen LogP) is 5.04. The van der Waals surface area contributed by atoms with E-state index >= 15 is 0 Å². The van der Waals surface area contributed by atoms with Crippen molar-refractivity contribution in [1.82, 2.24) is 4.98 Å². The largest absolute Gasteiger partial charge is 0.402 e. The van der Waals surface area contributed by atoms with Gasteiger partial charge in [0.2, 0.25) is 0 Å². The van der Waals surface area contributed by atoms with Crippen LogP contribution in [0.5, 0.6) is 0 Å². The van der Waals surface area contributed by atoms with Crippen molar-refractivity contribution in [2.75, 3.05) is 7.11 Å². The third kappa shape index (κ3) is 5.56. The zero-order valence-electron chi connectivity index (χ0n) is 20.9. The number of aromatic nitrogens is 1. The van der Waals surface area contributed by atoms with E-state index in [2.05, 4.69) is 87.8 Å². The van der Waals surface area contributed by atoms with Crippen LogP contribution in [0, 0.1) is 0 Å². The molecule has 180 valence electrons. The molecule has 0 amide bonds. The number of ether oxygens (including phenoxy) is 1. The van der Waals surface area contributed by atoms with Crippen LogP contribution in [0.1, 0.15) is 45.8 Å². The highest BCUT2D eigenvalue weighted by Gasteiger charge is 2.51. The second kappa shape index (κ2) is 11.2. The molecule has 1 aromatic heterocycles. The SMILES string of the molecule is C=C(C[C@@H](O)c1cccnc1)[C@@H](OC)[C@H](C)O[Si](c1ccccc1)(c1ccccc1)C(C)(C)C. The van der Waals surface area contributed by atoms with E-state index in [1.807, 2.05) is 24.3 Å². The summed E-state index contributed by atoms with van der Waals surface area (Å²) in [5, 5.41) is 13.0.